The van der Waals surface area contributed by atoms with E-state index in [2.05, 4.69) is 9.98 Å². The maximum Gasteiger partial charge on any atom is 0.278 e. The zero-order valence-electron chi connectivity index (χ0n) is 9.27. The van der Waals surface area contributed by atoms with Crippen LogP contribution in [0.25, 0.3) is 0 Å². The Morgan fingerprint density at radius 2 is 2.33 bits per heavy atom. The van der Waals surface area contributed by atoms with E-state index in [0.717, 1.165) is 12.1 Å². The Balaban J connectivity index is 2.82. The highest BCUT2D eigenvalue weighted by Crippen LogP contribution is 2.04. The first kappa shape index (κ1) is 11.4. The number of carbonyl (C=O) groups excluding carboxylic acids is 1. The molecule has 1 aromatic heterocycles. The van der Waals surface area contributed by atoms with Gasteiger partial charge in [0.1, 0.15) is 0 Å². The smallest absolute Gasteiger partial charge is 0.278 e. The molecule has 0 unspecified atom stereocenters. The van der Waals surface area contributed by atoms with E-state index in [4.69, 9.17) is 0 Å². The molecule has 4 nitrogen and oxygen atoms in total. The van der Waals surface area contributed by atoms with Crippen LogP contribution in [0.15, 0.2) is 23.3 Å². The topological polar surface area (TPSA) is 45.6 Å². The standard InChI is InChI=1S/C11H15N3O/c1-4-10-7-9(5-6-12-10)11(15)13-8-14(2)3/h5-8H,4H2,1-3H3. The minimum absolute atomic E-state index is 0.235. The van der Waals surface area contributed by atoms with Gasteiger partial charge in [0.05, 0.1) is 6.34 Å². The molecule has 0 spiro atoms. The number of rotatable bonds is 3. The van der Waals surface area contributed by atoms with E-state index in [1.165, 1.54) is 6.34 Å². The predicted molar refractivity (Wildman–Crippen MR) is 60.1 cm³/mol. The van der Waals surface area contributed by atoms with E-state index in [-0.39, 0.29) is 5.91 Å². The van der Waals surface area contributed by atoms with Crippen LogP contribution in [-0.4, -0.2) is 36.2 Å². The Morgan fingerprint density at radius 3 is 2.93 bits per heavy atom. The average molecular weight is 205 g/mol. The monoisotopic (exact) mass is 205 g/mol. The van der Waals surface area contributed by atoms with E-state index in [0.29, 0.717) is 5.56 Å². The number of pyridine rings is 1. The fourth-order valence-corrected chi connectivity index (χ4v) is 1.05. The van der Waals surface area contributed by atoms with Gasteiger partial charge in [0, 0.05) is 31.5 Å². The second-order valence-corrected chi connectivity index (χ2v) is 3.40. The normalized spacial score (nSPS) is 10.6. The Hall–Kier alpha value is -1.71. The lowest BCUT2D eigenvalue weighted by Crippen LogP contribution is -2.10. The van der Waals surface area contributed by atoms with Crippen molar-refractivity contribution in [3.63, 3.8) is 0 Å². The molecule has 0 aromatic carbocycles. The number of nitrogens with zero attached hydrogens (tertiary/aromatic N) is 3. The summed E-state index contributed by atoms with van der Waals surface area (Å²) in [7, 11) is 3.64. The van der Waals surface area contributed by atoms with Gasteiger partial charge in [-0.3, -0.25) is 9.78 Å². The fourth-order valence-electron chi connectivity index (χ4n) is 1.05. The van der Waals surface area contributed by atoms with Crippen LogP contribution < -0.4 is 0 Å². The highest BCUT2D eigenvalue weighted by molar-refractivity contribution is 5.98. The van der Waals surface area contributed by atoms with Crippen LogP contribution >= 0.6 is 0 Å². The summed E-state index contributed by atoms with van der Waals surface area (Å²) in [5.74, 6) is -0.235. The Bertz CT molecular complexity index is 372. The van der Waals surface area contributed by atoms with Gasteiger partial charge in [-0.2, -0.15) is 4.99 Å². The number of hydrogen-bond acceptors (Lipinski definition) is 2. The largest absolute Gasteiger partial charge is 0.369 e. The number of aromatic nitrogens is 1. The molecule has 0 aliphatic heterocycles. The molecule has 1 heterocycles. The molecule has 0 saturated heterocycles. The molecule has 80 valence electrons. The molecule has 0 atom stereocenters. The third-order valence-corrected chi connectivity index (χ3v) is 1.83. The summed E-state index contributed by atoms with van der Waals surface area (Å²) in [5.41, 5.74) is 1.49. The summed E-state index contributed by atoms with van der Waals surface area (Å²) in [6.07, 6.45) is 3.95. The second-order valence-electron chi connectivity index (χ2n) is 3.40. The van der Waals surface area contributed by atoms with Crippen molar-refractivity contribution < 1.29 is 4.79 Å². The zero-order chi connectivity index (χ0) is 11.3. The summed E-state index contributed by atoms with van der Waals surface area (Å²) in [4.78, 5) is 21.2. The van der Waals surface area contributed by atoms with Crippen LogP contribution in [0.3, 0.4) is 0 Å². The van der Waals surface area contributed by atoms with Crippen molar-refractivity contribution >= 4 is 12.2 Å². The maximum atomic E-state index is 11.6. The summed E-state index contributed by atoms with van der Waals surface area (Å²) in [5, 5.41) is 0. The molecule has 0 fully saturated rings. The molecule has 0 radical (unpaired) electrons. The minimum Gasteiger partial charge on any atom is -0.369 e. The van der Waals surface area contributed by atoms with Crippen molar-refractivity contribution in [3.05, 3.63) is 29.6 Å². The number of aryl methyl sites for hydroxylation is 1. The Morgan fingerprint density at radius 1 is 1.60 bits per heavy atom. The number of amides is 1. The number of carbonyl (C=O) groups is 1. The molecule has 1 rings (SSSR count). The lowest BCUT2D eigenvalue weighted by Gasteiger charge is -2.02. The van der Waals surface area contributed by atoms with Crippen LogP contribution in [0.2, 0.25) is 0 Å². The van der Waals surface area contributed by atoms with E-state index in [9.17, 15) is 4.79 Å². The molecular formula is C11H15N3O. The van der Waals surface area contributed by atoms with Crippen molar-refractivity contribution in [2.45, 2.75) is 13.3 Å². The third kappa shape index (κ3) is 3.50. The van der Waals surface area contributed by atoms with Crippen molar-refractivity contribution in [2.75, 3.05) is 14.1 Å². The number of hydrogen-bond donors (Lipinski definition) is 0. The average Bonchev–Trinajstić information content (AvgIpc) is 2.26. The van der Waals surface area contributed by atoms with Gasteiger partial charge in [-0.25, -0.2) is 0 Å². The molecule has 0 aliphatic carbocycles. The quantitative estimate of drug-likeness (QED) is 0.553. The summed E-state index contributed by atoms with van der Waals surface area (Å²) in [6.45, 7) is 2.00. The SMILES string of the molecule is CCc1cc(C(=O)N=CN(C)C)ccn1. The van der Waals surface area contributed by atoms with Gasteiger partial charge in [-0.15, -0.1) is 0 Å². The van der Waals surface area contributed by atoms with E-state index < -0.39 is 0 Å². The van der Waals surface area contributed by atoms with Crippen LogP contribution in [0.1, 0.15) is 23.0 Å². The fraction of sp³-hybridized carbons (Fsp3) is 0.364. The number of aliphatic imine (C=N–C) groups is 1. The van der Waals surface area contributed by atoms with Crippen LogP contribution in [0.5, 0.6) is 0 Å². The highest BCUT2D eigenvalue weighted by atomic mass is 16.1. The molecule has 0 N–H and O–H groups in total. The first-order chi connectivity index (χ1) is 7.13. The van der Waals surface area contributed by atoms with E-state index >= 15 is 0 Å². The van der Waals surface area contributed by atoms with Crippen LogP contribution in [-0.2, 0) is 6.42 Å². The van der Waals surface area contributed by atoms with Gasteiger partial charge < -0.3 is 4.90 Å². The molecule has 1 amide bonds. The van der Waals surface area contributed by atoms with Gasteiger partial charge in [0.15, 0.2) is 0 Å². The van der Waals surface area contributed by atoms with Gasteiger partial charge in [0.25, 0.3) is 5.91 Å². The van der Waals surface area contributed by atoms with Gasteiger partial charge in [0.2, 0.25) is 0 Å². The Kier molecular flexibility index (Phi) is 3.97. The summed E-state index contributed by atoms with van der Waals surface area (Å²) in [6, 6.07) is 3.45. The van der Waals surface area contributed by atoms with Gasteiger partial charge >= 0.3 is 0 Å². The Labute approximate surface area is 89.7 Å². The second kappa shape index (κ2) is 5.24. The maximum absolute atomic E-state index is 11.6. The zero-order valence-corrected chi connectivity index (χ0v) is 9.27. The van der Waals surface area contributed by atoms with Gasteiger partial charge in [-0.05, 0) is 18.6 Å². The minimum atomic E-state index is -0.235. The van der Waals surface area contributed by atoms with Crippen LogP contribution in [0, 0.1) is 0 Å². The van der Waals surface area contributed by atoms with Crippen molar-refractivity contribution in [1.82, 2.24) is 9.88 Å². The molecule has 0 saturated carbocycles. The summed E-state index contributed by atoms with van der Waals surface area (Å²) >= 11 is 0. The third-order valence-electron chi connectivity index (χ3n) is 1.83. The molecule has 0 aliphatic rings. The lowest BCUT2D eigenvalue weighted by atomic mass is 10.2. The lowest BCUT2D eigenvalue weighted by molar-refractivity contribution is 0.100. The van der Waals surface area contributed by atoms with Crippen molar-refractivity contribution in [1.29, 1.82) is 0 Å². The van der Waals surface area contributed by atoms with Gasteiger partial charge in [-0.1, -0.05) is 6.92 Å². The predicted octanol–water partition coefficient (Wildman–Crippen LogP) is 1.37. The molecule has 15 heavy (non-hydrogen) atoms. The first-order valence-corrected chi connectivity index (χ1v) is 4.83. The molecule has 1 aromatic rings. The molecule has 4 heteroatoms. The molecular weight excluding hydrogens is 190 g/mol. The highest BCUT2D eigenvalue weighted by Gasteiger charge is 2.03. The van der Waals surface area contributed by atoms with Crippen molar-refractivity contribution in [2.24, 2.45) is 4.99 Å². The first-order valence-electron chi connectivity index (χ1n) is 4.83. The summed E-state index contributed by atoms with van der Waals surface area (Å²) < 4.78 is 0. The van der Waals surface area contributed by atoms with E-state index in [1.807, 2.05) is 21.0 Å². The molecule has 0 bridgehead atoms. The van der Waals surface area contributed by atoms with Crippen molar-refractivity contribution in [3.8, 4) is 0 Å². The van der Waals surface area contributed by atoms with E-state index in [1.54, 1.807) is 23.2 Å². The van der Waals surface area contributed by atoms with Crippen LogP contribution in [0.4, 0.5) is 0 Å².